The van der Waals surface area contributed by atoms with Crippen molar-refractivity contribution in [1.29, 1.82) is 0 Å². The minimum Gasteiger partial charge on any atom is -0.324 e. The predicted octanol–water partition coefficient (Wildman–Crippen LogP) is 2.29. The van der Waals surface area contributed by atoms with Crippen LogP contribution in [0.4, 0.5) is 19.1 Å². The van der Waals surface area contributed by atoms with Gasteiger partial charge < -0.3 is 10.7 Å². The van der Waals surface area contributed by atoms with Crippen LogP contribution in [0.2, 0.25) is 0 Å². The average molecular weight is 309 g/mol. The summed E-state index contributed by atoms with van der Waals surface area (Å²) in [5, 5.41) is 2.38. The topological polar surface area (TPSA) is 83.8 Å². The molecule has 110 valence electrons. The number of aromatic nitrogens is 2. The number of H-pyrrole nitrogens is 1. The van der Waals surface area contributed by atoms with E-state index >= 15 is 0 Å². The van der Waals surface area contributed by atoms with E-state index < -0.39 is 23.7 Å². The van der Waals surface area contributed by atoms with Crippen LogP contribution in [0.1, 0.15) is 12.5 Å². The standard InChI is InChI=1S/C11H11F3N4O.ClH/c1-5(15)9(19)18-10-16-7-3-2-6(11(12,13)14)4-8(7)17-10;/h2-5H,15H2,1H3,(H2,16,17,18,19);1H. The zero-order chi connectivity index (χ0) is 14.2. The minimum atomic E-state index is -4.42. The van der Waals surface area contributed by atoms with Crippen molar-refractivity contribution in [2.24, 2.45) is 5.73 Å². The summed E-state index contributed by atoms with van der Waals surface area (Å²) in [6, 6.07) is 2.36. The number of aromatic amines is 1. The fraction of sp³-hybridized carbons (Fsp3) is 0.273. The molecule has 20 heavy (non-hydrogen) atoms. The van der Waals surface area contributed by atoms with Crippen LogP contribution in [0.15, 0.2) is 18.2 Å². The largest absolute Gasteiger partial charge is 0.416 e. The molecule has 1 aromatic heterocycles. The Labute approximate surface area is 118 Å². The summed E-state index contributed by atoms with van der Waals surface area (Å²) >= 11 is 0. The highest BCUT2D eigenvalue weighted by Crippen LogP contribution is 2.31. The van der Waals surface area contributed by atoms with Gasteiger partial charge in [0.2, 0.25) is 11.9 Å². The van der Waals surface area contributed by atoms with E-state index in [0.717, 1.165) is 12.1 Å². The Hall–Kier alpha value is -1.80. The van der Waals surface area contributed by atoms with Crippen LogP contribution in [-0.2, 0) is 11.0 Å². The van der Waals surface area contributed by atoms with E-state index in [1.54, 1.807) is 0 Å². The maximum absolute atomic E-state index is 12.5. The number of anilines is 1. The van der Waals surface area contributed by atoms with Gasteiger partial charge in [-0.1, -0.05) is 0 Å². The third-order valence-electron chi connectivity index (χ3n) is 2.46. The van der Waals surface area contributed by atoms with Crippen molar-refractivity contribution < 1.29 is 18.0 Å². The molecule has 0 aliphatic carbocycles. The van der Waals surface area contributed by atoms with Crippen molar-refractivity contribution in [3.63, 3.8) is 0 Å². The Balaban J connectivity index is 0.00000200. The lowest BCUT2D eigenvalue weighted by atomic mass is 10.2. The van der Waals surface area contributed by atoms with E-state index in [4.69, 9.17) is 5.73 Å². The molecule has 0 radical (unpaired) electrons. The number of amides is 1. The lowest BCUT2D eigenvalue weighted by Gasteiger charge is -2.05. The van der Waals surface area contributed by atoms with Crippen molar-refractivity contribution in [2.75, 3.05) is 5.32 Å². The van der Waals surface area contributed by atoms with Gasteiger partial charge in [0.05, 0.1) is 22.6 Å². The monoisotopic (exact) mass is 308 g/mol. The van der Waals surface area contributed by atoms with Crippen molar-refractivity contribution in [3.05, 3.63) is 23.8 Å². The zero-order valence-electron chi connectivity index (χ0n) is 10.3. The molecule has 0 fully saturated rings. The van der Waals surface area contributed by atoms with E-state index in [1.807, 2.05) is 0 Å². The quantitative estimate of drug-likeness (QED) is 0.796. The number of hydrogen-bond acceptors (Lipinski definition) is 3. The molecule has 0 aliphatic rings. The van der Waals surface area contributed by atoms with Crippen molar-refractivity contribution in [3.8, 4) is 0 Å². The van der Waals surface area contributed by atoms with E-state index in [0.29, 0.717) is 5.52 Å². The van der Waals surface area contributed by atoms with Gasteiger partial charge in [-0.05, 0) is 25.1 Å². The van der Waals surface area contributed by atoms with Gasteiger partial charge in [0, 0.05) is 0 Å². The molecule has 9 heteroatoms. The number of imidazole rings is 1. The van der Waals surface area contributed by atoms with Crippen molar-refractivity contribution in [2.45, 2.75) is 19.1 Å². The summed E-state index contributed by atoms with van der Waals surface area (Å²) in [6.07, 6.45) is -4.42. The van der Waals surface area contributed by atoms with Crippen molar-refractivity contribution in [1.82, 2.24) is 9.97 Å². The summed E-state index contributed by atoms with van der Waals surface area (Å²) in [6.45, 7) is 1.49. The van der Waals surface area contributed by atoms with Crippen LogP contribution in [0.25, 0.3) is 11.0 Å². The number of benzene rings is 1. The lowest BCUT2D eigenvalue weighted by Crippen LogP contribution is -2.32. The zero-order valence-corrected chi connectivity index (χ0v) is 11.1. The summed E-state index contributed by atoms with van der Waals surface area (Å²) in [5.41, 5.74) is 5.09. The molecule has 1 amide bonds. The van der Waals surface area contributed by atoms with E-state index in [9.17, 15) is 18.0 Å². The second kappa shape index (κ2) is 5.68. The second-order valence-corrected chi connectivity index (χ2v) is 4.09. The van der Waals surface area contributed by atoms with Gasteiger partial charge in [-0.3, -0.25) is 10.1 Å². The number of halogens is 4. The number of nitrogens with two attached hydrogens (primary N) is 1. The molecule has 1 aromatic carbocycles. The number of alkyl halides is 3. The molecule has 1 heterocycles. The molecule has 0 spiro atoms. The van der Waals surface area contributed by atoms with Gasteiger partial charge in [-0.15, -0.1) is 12.4 Å². The molecular formula is C11H12ClF3N4O. The molecule has 0 saturated carbocycles. The number of nitrogens with one attached hydrogen (secondary N) is 2. The summed E-state index contributed by atoms with van der Waals surface area (Å²) in [7, 11) is 0. The third kappa shape index (κ3) is 3.40. The van der Waals surface area contributed by atoms with Gasteiger partial charge >= 0.3 is 6.18 Å². The number of rotatable bonds is 2. The van der Waals surface area contributed by atoms with E-state index in [1.165, 1.54) is 13.0 Å². The molecular weight excluding hydrogens is 297 g/mol. The minimum absolute atomic E-state index is 0. The lowest BCUT2D eigenvalue weighted by molar-refractivity contribution is -0.137. The van der Waals surface area contributed by atoms with Crippen LogP contribution in [0.5, 0.6) is 0 Å². The Morgan fingerprint density at radius 2 is 2.10 bits per heavy atom. The Morgan fingerprint density at radius 1 is 1.45 bits per heavy atom. The van der Waals surface area contributed by atoms with Crippen LogP contribution >= 0.6 is 12.4 Å². The first-order valence-electron chi connectivity index (χ1n) is 5.41. The third-order valence-corrected chi connectivity index (χ3v) is 2.46. The molecule has 1 unspecified atom stereocenters. The van der Waals surface area contributed by atoms with Crippen LogP contribution in [0.3, 0.4) is 0 Å². The Morgan fingerprint density at radius 3 is 2.65 bits per heavy atom. The second-order valence-electron chi connectivity index (χ2n) is 4.09. The average Bonchev–Trinajstić information content (AvgIpc) is 2.68. The van der Waals surface area contributed by atoms with Crippen molar-refractivity contribution >= 4 is 35.3 Å². The van der Waals surface area contributed by atoms with Crippen LogP contribution < -0.4 is 11.1 Å². The van der Waals surface area contributed by atoms with Crippen LogP contribution in [0, 0.1) is 0 Å². The predicted molar refractivity (Wildman–Crippen MR) is 70.6 cm³/mol. The first kappa shape index (κ1) is 16.3. The number of fused-ring (bicyclic) bond motifs is 1. The maximum atomic E-state index is 12.5. The molecule has 1 atom stereocenters. The normalized spacial score (nSPS) is 12.8. The van der Waals surface area contributed by atoms with Gasteiger partial charge in [-0.2, -0.15) is 13.2 Å². The van der Waals surface area contributed by atoms with E-state index in [2.05, 4.69) is 15.3 Å². The highest BCUT2D eigenvalue weighted by Gasteiger charge is 2.30. The number of hydrogen-bond donors (Lipinski definition) is 3. The van der Waals surface area contributed by atoms with Gasteiger partial charge in [0.25, 0.3) is 0 Å². The fourth-order valence-electron chi connectivity index (χ4n) is 1.48. The molecule has 0 bridgehead atoms. The summed E-state index contributed by atoms with van der Waals surface area (Å²) < 4.78 is 37.6. The van der Waals surface area contributed by atoms with Gasteiger partial charge in [0.1, 0.15) is 0 Å². The molecule has 5 nitrogen and oxygen atoms in total. The molecule has 2 aromatic rings. The van der Waals surface area contributed by atoms with Gasteiger partial charge in [-0.25, -0.2) is 4.98 Å². The Bertz CT molecular complexity index is 624. The maximum Gasteiger partial charge on any atom is 0.416 e. The number of carbonyl (C=O) groups excluding carboxylic acids is 1. The molecule has 0 aliphatic heterocycles. The van der Waals surface area contributed by atoms with E-state index in [-0.39, 0.29) is 23.9 Å². The van der Waals surface area contributed by atoms with Crippen LogP contribution in [-0.4, -0.2) is 21.9 Å². The highest BCUT2D eigenvalue weighted by molar-refractivity contribution is 5.94. The molecule has 0 saturated heterocycles. The molecule has 2 rings (SSSR count). The van der Waals surface area contributed by atoms with Gasteiger partial charge in [0.15, 0.2) is 0 Å². The Kier molecular flexibility index (Phi) is 4.61. The smallest absolute Gasteiger partial charge is 0.324 e. The number of nitrogens with zero attached hydrogens (tertiary/aromatic N) is 1. The fourth-order valence-corrected chi connectivity index (χ4v) is 1.48. The highest BCUT2D eigenvalue weighted by atomic mass is 35.5. The number of carbonyl (C=O) groups is 1. The molecule has 4 N–H and O–H groups in total. The summed E-state index contributed by atoms with van der Waals surface area (Å²) in [4.78, 5) is 17.9. The first-order valence-corrected chi connectivity index (χ1v) is 5.41. The summed E-state index contributed by atoms with van der Waals surface area (Å²) in [5.74, 6) is -0.410. The SMILES string of the molecule is CC(N)C(=O)Nc1nc2ccc(C(F)(F)F)cc2[nH]1.Cl. The first-order chi connectivity index (χ1) is 8.77.